The number of nitrogens with two attached hydrogens (primary N) is 1. The average molecular weight is 304 g/mol. The number of rotatable bonds is 5. The van der Waals surface area contributed by atoms with Crippen molar-refractivity contribution in [2.24, 2.45) is 5.73 Å². The molecule has 3 amide bonds. The lowest BCUT2D eigenvalue weighted by Gasteiger charge is -2.24. The molecule has 120 valence electrons. The number of hydrogen-bond acceptors (Lipinski definition) is 3. The summed E-state index contributed by atoms with van der Waals surface area (Å²) in [5.41, 5.74) is 6.75. The third-order valence-corrected chi connectivity index (χ3v) is 3.88. The second-order valence-electron chi connectivity index (χ2n) is 5.78. The highest BCUT2D eigenvalue weighted by Crippen LogP contribution is 2.22. The molecule has 0 heterocycles. The molecule has 0 saturated heterocycles. The van der Waals surface area contributed by atoms with E-state index in [0.717, 1.165) is 5.69 Å². The van der Waals surface area contributed by atoms with Crippen LogP contribution in [0.25, 0.3) is 0 Å². The first kappa shape index (κ1) is 16.1. The lowest BCUT2D eigenvalue weighted by molar-refractivity contribution is -0.117. The molecule has 0 aliphatic heterocycles. The number of urea groups is 1. The van der Waals surface area contributed by atoms with Crippen molar-refractivity contribution >= 4 is 23.3 Å². The zero-order chi connectivity index (χ0) is 15.9. The van der Waals surface area contributed by atoms with Gasteiger partial charge in [-0.25, -0.2) is 4.79 Å². The van der Waals surface area contributed by atoms with E-state index in [9.17, 15) is 9.59 Å². The maximum atomic E-state index is 11.9. The number of benzene rings is 1. The summed E-state index contributed by atoms with van der Waals surface area (Å²) in [7, 11) is 0. The van der Waals surface area contributed by atoms with E-state index < -0.39 is 12.1 Å². The minimum Gasteiger partial charge on any atom is -0.382 e. The number of carbonyl (C=O) groups excluding carboxylic acids is 2. The summed E-state index contributed by atoms with van der Waals surface area (Å²) in [6.45, 7) is 1.58. The molecule has 6 nitrogen and oxygen atoms in total. The number of nitrogens with one attached hydrogen (secondary N) is 3. The molecule has 1 saturated carbocycles. The summed E-state index contributed by atoms with van der Waals surface area (Å²) in [4.78, 5) is 22.6. The topological polar surface area (TPSA) is 96.2 Å². The number of anilines is 2. The maximum absolute atomic E-state index is 11.9. The van der Waals surface area contributed by atoms with Gasteiger partial charge in [-0.15, -0.1) is 0 Å². The Morgan fingerprint density at radius 3 is 2.27 bits per heavy atom. The molecule has 1 aliphatic carbocycles. The highest BCUT2D eigenvalue weighted by Gasteiger charge is 2.15. The van der Waals surface area contributed by atoms with E-state index in [1.165, 1.54) is 32.1 Å². The van der Waals surface area contributed by atoms with Crippen LogP contribution in [0.4, 0.5) is 16.2 Å². The Labute approximate surface area is 130 Å². The Kier molecular flexibility index (Phi) is 5.63. The second kappa shape index (κ2) is 7.68. The largest absolute Gasteiger partial charge is 0.382 e. The second-order valence-corrected chi connectivity index (χ2v) is 5.78. The summed E-state index contributed by atoms with van der Waals surface area (Å²) < 4.78 is 0. The van der Waals surface area contributed by atoms with Crippen molar-refractivity contribution in [3.63, 3.8) is 0 Å². The molecule has 1 atom stereocenters. The highest BCUT2D eigenvalue weighted by molar-refractivity contribution is 5.96. The quantitative estimate of drug-likeness (QED) is 0.672. The lowest BCUT2D eigenvalue weighted by Crippen LogP contribution is -2.44. The third-order valence-electron chi connectivity index (χ3n) is 3.88. The standard InChI is InChI=1S/C16H24N4O2/c1-11(18-16(17)22)15(21)20-14-9-7-13(8-10-14)19-12-5-3-2-4-6-12/h7-12,19H,2-6H2,1H3,(H,20,21)(H3,17,18,22)/t11-/m1/s1. The van der Waals surface area contributed by atoms with Gasteiger partial charge in [0.15, 0.2) is 0 Å². The zero-order valence-corrected chi connectivity index (χ0v) is 12.9. The van der Waals surface area contributed by atoms with E-state index in [0.29, 0.717) is 11.7 Å². The van der Waals surface area contributed by atoms with Gasteiger partial charge in [-0.2, -0.15) is 0 Å². The van der Waals surface area contributed by atoms with Crippen LogP contribution in [-0.4, -0.2) is 24.0 Å². The molecule has 6 heteroatoms. The molecule has 22 heavy (non-hydrogen) atoms. The molecule has 1 fully saturated rings. The van der Waals surface area contributed by atoms with Gasteiger partial charge in [-0.05, 0) is 44.0 Å². The van der Waals surface area contributed by atoms with Crippen LogP contribution in [0.5, 0.6) is 0 Å². The summed E-state index contributed by atoms with van der Waals surface area (Å²) in [6, 6.07) is 6.77. The molecule has 0 unspecified atom stereocenters. The van der Waals surface area contributed by atoms with E-state index in [4.69, 9.17) is 5.73 Å². The first-order chi connectivity index (χ1) is 10.5. The van der Waals surface area contributed by atoms with Crippen LogP contribution < -0.4 is 21.7 Å². The fourth-order valence-electron chi connectivity index (χ4n) is 2.66. The first-order valence-corrected chi connectivity index (χ1v) is 7.78. The Hall–Kier alpha value is -2.24. The van der Waals surface area contributed by atoms with Gasteiger partial charge in [0, 0.05) is 17.4 Å². The Morgan fingerprint density at radius 2 is 1.68 bits per heavy atom. The summed E-state index contributed by atoms with van der Waals surface area (Å²) in [5.74, 6) is -0.299. The van der Waals surface area contributed by atoms with Crippen molar-refractivity contribution in [2.45, 2.75) is 51.1 Å². The van der Waals surface area contributed by atoms with Crippen molar-refractivity contribution in [1.82, 2.24) is 5.32 Å². The normalized spacial score (nSPS) is 16.6. The van der Waals surface area contributed by atoms with E-state index in [2.05, 4.69) is 16.0 Å². The van der Waals surface area contributed by atoms with Crippen LogP contribution in [0.1, 0.15) is 39.0 Å². The van der Waals surface area contributed by atoms with Crippen LogP contribution in [0.3, 0.4) is 0 Å². The number of carbonyl (C=O) groups is 2. The van der Waals surface area contributed by atoms with Crippen LogP contribution in [0, 0.1) is 0 Å². The summed E-state index contributed by atoms with van der Waals surface area (Å²) in [5, 5.41) is 8.61. The molecular weight excluding hydrogens is 280 g/mol. The Bertz CT molecular complexity index is 509. The van der Waals surface area contributed by atoms with Gasteiger partial charge in [0.1, 0.15) is 6.04 Å². The fraction of sp³-hybridized carbons (Fsp3) is 0.500. The third kappa shape index (κ3) is 4.95. The SMILES string of the molecule is C[C@@H](NC(N)=O)C(=O)Nc1ccc(NC2CCCCC2)cc1. The highest BCUT2D eigenvalue weighted by atomic mass is 16.2. The van der Waals surface area contributed by atoms with E-state index in [1.54, 1.807) is 6.92 Å². The van der Waals surface area contributed by atoms with Gasteiger partial charge in [-0.1, -0.05) is 19.3 Å². The predicted molar refractivity (Wildman–Crippen MR) is 87.7 cm³/mol. The van der Waals surface area contributed by atoms with Gasteiger partial charge in [0.25, 0.3) is 0 Å². The van der Waals surface area contributed by atoms with Crippen LogP contribution in [0.15, 0.2) is 24.3 Å². The van der Waals surface area contributed by atoms with E-state index in [1.807, 2.05) is 24.3 Å². The zero-order valence-electron chi connectivity index (χ0n) is 12.9. The van der Waals surface area contributed by atoms with E-state index >= 15 is 0 Å². The lowest BCUT2D eigenvalue weighted by atomic mass is 9.95. The van der Waals surface area contributed by atoms with Crippen LogP contribution in [0.2, 0.25) is 0 Å². The van der Waals surface area contributed by atoms with Gasteiger partial charge in [0.05, 0.1) is 0 Å². The summed E-state index contributed by atoms with van der Waals surface area (Å²) >= 11 is 0. The van der Waals surface area contributed by atoms with Crippen molar-refractivity contribution in [1.29, 1.82) is 0 Å². The number of primary amides is 1. The first-order valence-electron chi connectivity index (χ1n) is 7.78. The average Bonchev–Trinajstić information content (AvgIpc) is 2.49. The van der Waals surface area contributed by atoms with Gasteiger partial charge < -0.3 is 21.7 Å². The van der Waals surface area contributed by atoms with Gasteiger partial charge in [-0.3, -0.25) is 4.79 Å². The predicted octanol–water partition coefficient (Wildman–Crippen LogP) is 2.43. The molecule has 1 aliphatic rings. The van der Waals surface area contributed by atoms with Crippen molar-refractivity contribution < 1.29 is 9.59 Å². The molecule has 1 aromatic rings. The molecule has 2 rings (SSSR count). The van der Waals surface area contributed by atoms with Gasteiger partial charge >= 0.3 is 6.03 Å². The summed E-state index contributed by atoms with van der Waals surface area (Å²) in [6.07, 6.45) is 6.34. The fourth-order valence-corrected chi connectivity index (χ4v) is 2.66. The molecule has 0 radical (unpaired) electrons. The van der Waals surface area contributed by atoms with E-state index in [-0.39, 0.29) is 5.91 Å². The maximum Gasteiger partial charge on any atom is 0.312 e. The van der Waals surface area contributed by atoms with Crippen LogP contribution in [-0.2, 0) is 4.79 Å². The number of amides is 3. The van der Waals surface area contributed by atoms with Crippen molar-refractivity contribution in [2.75, 3.05) is 10.6 Å². The van der Waals surface area contributed by atoms with Crippen LogP contribution >= 0.6 is 0 Å². The minimum atomic E-state index is -0.713. The van der Waals surface area contributed by atoms with Crippen molar-refractivity contribution in [3.05, 3.63) is 24.3 Å². The smallest absolute Gasteiger partial charge is 0.312 e. The van der Waals surface area contributed by atoms with Gasteiger partial charge in [0.2, 0.25) is 5.91 Å². The molecule has 0 aromatic heterocycles. The Balaban J connectivity index is 1.85. The molecule has 5 N–H and O–H groups in total. The Morgan fingerprint density at radius 1 is 1.09 bits per heavy atom. The minimum absolute atomic E-state index is 0.299. The number of hydrogen-bond donors (Lipinski definition) is 4. The molecule has 0 bridgehead atoms. The molecular formula is C16H24N4O2. The monoisotopic (exact) mass is 304 g/mol. The molecule has 0 spiro atoms. The molecule has 1 aromatic carbocycles. The van der Waals surface area contributed by atoms with Crippen molar-refractivity contribution in [3.8, 4) is 0 Å².